The van der Waals surface area contributed by atoms with E-state index in [9.17, 15) is 18.3 Å². The summed E-state index contributed by atoms with van der Waals surface area (Å²) < 4.78 is 36.9. The van der Waals surface area contributed by atoms with Gasteiger partial charge in [-0.25, -0.2) is 0 Å². The maximum atomic E-state index is 12.3. The second-order valence-corrected chi connectivity index (χ2v) is 6.76. The average molecular weight is 324 g/mol. The predicted octanol–water partition coefficient (Wildman–Crippen LogP) is 4.96. The Balaban J connectivity index is 1.63. The first kappa shape index (κ1) is 15.3. The zero-order valence-corrected chi connectivity index (χ0v) is 12.5. The number of phenols is 1. The number of alkyl halides is 3. The van der Waals surface area contributed by atoms with Crippen molar-refractivity contribution in [2.24, 2.45) is 5.92 Å². The highest BCUT2D eigenvalue weighted by atomic mass is 32.2. The van der Waals surface area contributed by atoms with Gasteiger partial charge >= 0.3 is 5.51 Å². The molecule has 0 aliphatic heterocycles. The summed E-state index contributed by atoms with van der Waals surface area (Å²) in [6, 6.07) is 12.1. The van der Waals surface area contributed by atoms with Crippen LogP contribution in [0.25, 0.3) is 0 Å². The van der Waals surface area contributed by atoms with Gasteiger partial charge in [-0.2, -0.15) is 13.2 Å². The van der Waals surface area contributed by atoms with Gasteiger partial charge in [-0.1, -0.05) is 18.2 Å². The molecule has 0 radical (unpaired) electrons. The van der Waals surface area contributed by atoms with Crippen molar-refractivity contribution in [1.29, 1.82) is 0 Å². The van der Waals surface area contributed by atoms with Crippen LogP contribution in [-0.2, 0) is 19.3 Å². The lowest BCUT2D eigenvalue weighted by atomic mass is 9.97. The summed E-state index contributed by atoms with van der Waals surface area (Å²) in [5.41, 5.74) is -0.758. The number of halogens is 3. The predicted molar refractivity (Wildman–Crippen MR) is 81.1 cm³/mol. The van der Waals surface area contributed by atoms with Crippen LogP contribution in [0.3, 0.4) is 0 Å². The minimum absolute atomic E-state index is 0.0842. The molecule has 1 unspecified atom stereocenters. The molecule has 1 aliphatic rings. The fourth-order valence-corrected chi connectivity index (χ4v) is 3.54. The van der Waals surface area contributed by atoms with Gasteiger partial charge in [-0.15, -0.1) is 0 Å². The smallest absolute Gasteiger partial charge is 0.446 e. The van der Waals surface area contributed by atoms with Crippen molar-refractivity contribution in [2.75, 3.05) is 0 Å². The van der Waals surface area contributed by atoms with Crippen LogP contribution in [0, 0.1) is 5.92 Å². The van der Waals surface area contributed by atoms with Crippen molar-refractivity contribution >= 4 is 11.8 Å². The number of hydrogen-bond donors (Lipinski definition) is 1. The van der Waals surface area contributed by atoms with Crippen molar-refractivity contribution in [1.82, 2.24) is 0 Å². The topological polar surface area (TPSA) is 20.2 Å². The Labute approximate surface area is 131 Å². The first-order valence-corrected chi connectivity index (χ1v) is 7.86. The summed E-state index contributed by atoms with van der Waals surface area (Å²) >= 11 is -0.0842. The molecule has 1 atom stereocenters. The van der Waals surface area contributed by atoms with Crippen molar-refractivity contribution in [3.05, 3.63) is 59.2 Å². The van der Waals surface area contributed by atoms with E-state index < -0.39 is 5.51 Å². The molecule has 0 aromatic heterocycles. The summed E-state index contributed by atoms with van der Waals surface area (Å²) in [5.74, 6) is 0.728. The first-order chi connectivity index (χ1) is 10.4. The molecule has 0 fully saturated rings. The fraction of sp³-hybridized carbons (Fsp3) is 0.294. The lowest BCUT2D eigenvalue weighted by Gasteiger charge is -2.10. The van der Waals surface area contributed by atoms with Crippen molar-refractivity contribution in [3.63, 3.8) is 0 Å². The Morgan fingerprint density at radius 3 is 2.36 bits per heavy atom. The summed E-state index contributed by atoms with van der Waals surface area (Å²) in [7, 11) is 0. The van der Waals surface area contributed by atoms with Gasteiger partial charge in [0.15, 0.2) is 0 Å². The monoisotopic (exact) mass is 324 g/mol. The van der Waals surface area contributed by atoms with Gasteiger partial charge in [-0.05, 0) is 77.9 Å². The molecule has 0 saturated heterocycles. The van der Waals surface area contributed by atoms with E-state index >= 15 is 0 Å². The molecule has 2 aromatic carbocycles. The minimum atomic E-state index is -4.24. The first-order valence-electron chi connectivity index (χ1n) is 7.04. The Morgan fingerprint density at radius 2 is 1.68 bits per heavy atom. The fourth-order valence-electron chi connectivity index (χ4n) is 3.00. The van der Waals surface area contributed by atoms with Crippen molar-refractivity contribution < 1.29 is 18.3 Å². The highest BCUT2D eigenvalue weighted by molar-refractivity contribution is 8.00. The second-order valence-electron chi connectivity index (χ2n) is 5.62. The lowest BCUT2D eigenvalue weighted by molar-refractivity contribution is -0.0328. The second kappa shape index (κ2) is 5.88. The molecule has 5 heteroatoms. The molecule has 1 aliphatic carbocycles. The SMILES string of the molecule is Oc1ccc2c(c1)CC(Cc1ccc(SC(F)(F)F)cc1)C2. The molecular weight excluding hydrogens is 309 g/mol. The van der Waals surface area contributed by atoms with E-state index in [-0.39, 0.29) is 22.4 Å². The lowest BCUT2D eigenvalue weighted by Crippen LogP contribution is -2.04. The standard InChI is InChI=1S/C17H15F3OS/c18-17(19,20)22-16-5-1-11(2-6-16)7-12-8-13-3-4-15(21)10-14(13)9-12/h1-6,10,12,21H,7-9H2. The van der Waals surface area contributed by atoms with Crippen LogP contribution in [0.5, 0.6) is 5.75 Å². The van der Waals surface area contributed by atoms with Gasteiger partial charge in [-0.3, -0.25) is 0 Å². The molecule has 0 heterocycles. The number of rotatable bonds is 3. The van der Waals surface area contributed by atoms with E-state index in [1.807, 2.05) is 6.07 Å². The Hall–Kier alpha value is -1.62. The normalized spacial score (nSPS) is 17.5. The molecule has 0 amide bonds. The number of phenolic OH excluding ortho intramolecular Hbond substituents is 1. The summed E-state index contributed by atoms with van der Waals surface area (Å²) in [6.45, 7) is 0. The molecular formula is C17H15F3OS. The van der Waals surface area contributed by atoms with Gasteiger partial charge in [0, 0.05) is 4.90 Å². The van der Waals surface area contributed by atoms with Gasteiger partial charge in [0.25, 0.3) is 0 Å². The minimum Gasteiger partial charge on any atom is -0.508 e. The van der Waals surface area contributed by atoms with Gasteiger partial charge in [0.2, 0.25) is 0 Å². The van der Waals surface area contributed by atoms with E-state index in [1.165, 1.54) is 23.3 Å². The van der Waals surface area contributed by atoms with Crippen molar-refractivity contribution in [3.8, 4) is 5.75 Å². The third kappa shape index (κ3) is 3.77. The van der Waals surface area contributed by atoms with E-state index in [0.717, 1.165) is 24.8 Å². The number of benzene rings is 2. The highest BCUT2D eigenvalue weighted by Crippen LogP contribution is 2.37. The largest absolute Gasteiger partial charge is 0.508 e. The molecule has 2 aromatic rings. The number of thioether (sulfide) groups is 1. The quantitative estimate of drug-likeness (QED) is 0.805. The highest BCUT2D eigenvalue weighted by Gasteiger charge is 2.29. The average Bonchev–Trinajstić information content (AvgIpc) is 2.80. The number of aromatic hydroxyl groups is 1. The van der Waals surface area contributed by atoms with Gasteiger partial charge in [0.05, 0.1) is 0 Å². The molecule has 116 valence electrons. The Kier molecular flexibility index (Phi) is 4.08. The zero-order valence-electron chi connectivity index (χ0n) is 11.7. The van der Waals surface area contributed by atoms with Crippen LogP contribution in [0.1, 0.15) is 16.7 Å². The summed E-state index contributed by atoms with van der Waals surface area (Å²) in [4.78, 5) is 0.218. The molecule has 3 rings (SSSR count). The van der Waals surface area contributed by atoms with Gasteiger partial charge < -0.3 is 5.11 Å². The van der Waals surface area contributed by atoms with E-state index in [4.69, 9.17) is 0 Å². The zero-order chi connectivity index (χ0) is 15.7. The van der Waals surface area contributed by atoms with E-state index in [2.05, 4.69) is 0 Å². The van der Waals surface area contributed by atoms with E-state index in [1.54, 1.807) is 24.3 Å². The molecule has 0 spiro atoms. The summed E-state index contributed by atoms with van der Waals surface area (Å²) in [5, 5.41) is 9.50. The van der Waals surface area contributed by atoms with Crippen LogP contribution in [-0.4, -0.2) is 10.6 Å². The molecule has 1 N–H and O–H groups in total. The molecule has 0 saturated carbocycles. The number of fused-ring (bicyclic) bond motifs is 1. The Morgan fingerprint density at radius 1 is 1.00 bits per heavy atom. The third-order valence-corrected chi connectivity index (χ3v) is 4.63. The molecule has 22 heavy (non-hydrogen) atoms. The molecule has 1 nitrogen and oxygen atoms in total. The maximum absolute atomic E-state index is 12.3. The van der Waals surface area contributed by atoms with Crippen LogP contribution in [0.4, 0.5) is 13.2 Å². The van der Waals surface area contributed by atoms with E-state index in [0.29, 0.717) is 5.92 Å². The van der Waals surface area contributed by atoms with Crippen molar-refractivity contribution in [2.45, 2.75) is 29.7 Å². The van der Waals surface area contributed by atoms with Crippen LogP contribution >= 0.6 is 11.8 Å². The maximum Gasteiger partial charge on any atom is 0.446 e. The summed E-state index contributed by atoms with van der Waals surface area (Å²) in [6.07, 6.45) is 2.70. The van der Waals surface area contributed by atoms with Gasteiger partial charge in [0.1, 0.15) is 5.75 Å². The number of hydrogen-bond acceptors (Lipinski definition) is 2. The molecule has 0 bridgehead atoms. The van der Waals surface area contributed by atoms with Crippen LogP contribution in [0.2, 0.25) is 0 Å². The van der Waals surface area contributed by atoms with Crippen LogP contribution < -0.4 is 0 Å². The third-order valence-electron chi connectivity index (χ3n) is 3.89. The Bertz CT molecular complexity index is 665. The van der Waals surface area contributed by atoms with Crippen LogP contribution in [0.15, 0.2) is 47.4 Å².